The number of nitrogens with one attached hydrogen (secondary N) is 1. The number of aliphatic hydroxyl groups excluding tert-OH is 1. The minimum Gasteiger partial charge on any atom is -0.491 e. The first kappa shape index (κ1) is 23.7. The summed E-state index contributed by atoms with van der Waals surface area (Å²) < 4.78 is 35.5. The van der Waals surface area contributed by atoms with Crippen LogP contribution in [0.15, 0.2) is 18.3 Å². The molecule has 188 valence electrons. The molecular weight excluding hydrogens is 456 g/mol. The summed E-state index contributed by atoms with van der Waals surface area (Å²) in [6, 6.07) is 1.91. The Balaban J connectivity index is 1.50. The first-order chi connectivity index (χ1) is 17.0. The van der Waals surface area contributed by atoms with E-state index in [9.17, 15) is 14.3 Å². The maximum absolute atomic E-state index is 15.3. The van der Waals surface area contributed by atoms with Crippen LogP contribution in [0.2, 0.25) is 0 Å². The topological polar surface area (TPSA) is 90.8 Å². The lowest BCUT2D eigenvalue weighted by molar-refractivity contribution is 0.126. The molecule has 2 aliphatic carbocycles. The van der Waals surface area contributed by atoms with Gasteiger partial charge >= 0.3 is 6.03 Å². The number of rotatable bonds is 6. The molecule has 35 heavy (non-hydrogen) atoms. The molecule has 2 aromatic rings. The van der Waals surface area contributed by atoms with Gasteiger partial charge in [-0.05, 0) is 57.6 Å². The molecule has 5 rings (SSSR count). The van der Waals surface area contributed by atoms with Gasteiger partial charge in [0.25, 0.3) is 0 Å². The molecule has 2 saturated carbocycles. The molecule has 0 radical (unpaired) electrons. The van der Waals surface area contributed by atoms with Crippen LogP contribution in [0.5, 0.6) is 5.75 Å². The van der Waals surface area contributed by atoms with E-state index >= 15 is 4.39 Å². The first-order valence-corrected chi connectivity index (χ1v) is 12.5. The fourth-order valence-electron chi connectivity index (χ4n) is 5.35. The number of ether oxygens (including phenoxy) is 1. The van der Waals surface area contributed by atoms with Gasteiger partial charge in [-0.15, -0.1) is 0 Å². The van der Waals surface area contributed by atoms with Crippen molar-refractivity contribution in [1.82, 2.24) is 9.97 Å². The van der Waals surface area contributed by atoms with Crippen LogP contribution in [0, 0.1) is 11.6 Å². The molecule has 1 aromatic carbocycles. The molecule has 0 spiro atoms. The number of hydrogen-bond donors (Lipinski definition) is 2. The van der Waals surface area contributed by atoms with Crippen molar-refractivity contribution in [2.75, 3.05) is 21.7 Å². The van der Waals surface area contributed by atoms with Crippen molar-refractivity contribution in [1.29, 1.82) is 0 Å². The highest BCUT2D eigenvalue weighted by atomic mass is 19.1. The van der Waals surface area contributed by atoms with Gasteiger partial charge in [-0.1, -0.05) is 12.8 Å². The number of carbonyl (C=O) groups is 1. The van der Waals surface area contributed by atoms with Crippen LogP contribution in [0.25, 0.3) is 0 Å². The fourth-order valence-corrected chi connectivity index (χ4v) is 5.35. The number of aromatic nitrogens is 2. The largest absolute Gasteiger partial charge is 0.491 e. The van der Waals surface area contributed by atoms with Crippen LogP contribution < -0.4 is 19.9 Å². The van der Waals surface area contributed by atoms with Crippen LogP contribution in [0.3, 0.4) is 0 Å². The lowest BCUT2D eigenvalue weighted by Gasteiger charge is -2.39. The number of urea groups is 1. The SMILES string of the molecule is CCOc1ccc(F)c(N2Cc3cnc(NC4CCC(O)CC4)nc3N(C3CCCC3)C2=O)c1F. The Morgan fingerprint density at radius 1 is 1.14 bits per heavy atom. The third kappa shape index (κ3) is 4.63. The molecule has 10 heteroatoms. The number of anilines is 3. The zero-order valence-corrected chi connectivity index (χ0v) is 19.8. The van der Waals surface area contributed by atoms with E-state index < -0.39 is 23.4 Å². The van der Waals surface area contributed by atoms with Gasteiger partial charge in [-0.3, -0.25) is 9.80 Å². The van der Waals surface area contributed by atoms with Gasteiger partial charge in [0, 0.05) is 23.8 Å². The van der Waals surface area contributed by atoms with Gasteiger partial charge in [0.1, 0.15) is 17.3 Å². The molecule has 0 unspecified atom stereocenters. The predicted molar refractivity (Wildman–Crippen MR) is 128 cm³/mol. The molecule has 0 saturated heterocycles. The van der Waals surface area contributed by atoms with Gasteiger partial charge in [0.05, 0.1) is 19.3 Å². The van der Waals surface area contributed by atoms with Gasteiger partial charge < -0.3 is 15.2 Å². The highest BCUT2D eigenvalue weighted by molar-refractivity contribution is 6.06. The lowest BCUT2D eigenvalue weighted by Crippen LogP contribution is -2.52. The predicted octanol–water partition coefficient (Wildman–Crippen LogP) is 4.76. The average molecular weight is 488 g/mol. The van der Waals surface area contributed by atoms with Crippen molar-refractivity contribution in [3.05, 3.63) is 35.5 Å². The molecule has 3 aliphatic rings. The number of hydrogen-bond acceptors (Lipinski definition) is 6. The van der Waals surface area contributed by atoms with Crippen LogP contribution in [0.4, 0.5) is 31.0 Å². The van der Waals surface area contributed by atoms with Gasteiger partial charge in [-0.25, -0.2) is 18.6 Å². The second-order valence-electron chi connectivity index (χ2n) is 9.51. The summed E-state index contributed by atoms with van der Waals surface area (Å²) in [6.07, 6.45) is 8.01. The molecule has 8 nitrogen and oxygen atoms in total. The van der Waals surface area contributed by atoms with E-state index in [-0.39, 0.29) is 37.1 Å². The van der Waals surface area contributed by atoms with Crippen molar-refractivity contribution < 1.29 is 23.4 Å². The summed E-state index contributed by atoms with van der Waals surface area (Å²) in [7, 11) is 0. The third-order valence-corrected chi connectivity index (χ3v) is 7.16. The fraction of sp³-hybridized carbons (Fsp3) is 0.560. The van der Waals surface area contributed by atoms with Crippen LogP contribution in [-0.2, 0) is 6.54 Å². The van der Waals surface area contributed by atoms with Gasteiger partial charge in [0.2, 0.25) is 5.95 Å². The summed E-state index contributed by atoms with van der Waals surface area (Å²) >= 11 is 0. The Morgan fingerprint density at radius 3 is 2.60 bits per heavy atom. The normalized spacial score (nSPS) is 22.9. The van der Waals surface area contributed by atoms with E-state index in [1.165, 1.54) is 6.07 Å². The number of halogens is 2. The van der Waals surface area contributed by atoms with E-state index in [1.807, 2.05) is 0 Å². The summed E-state index contributed by atoms with van der Waals surface area (Å²) in [5, 5.41) is 13.1. The van der Waals surface area contributed by atoms with E-state index in [2.05, 4.69) is 10.3 Å². The number of benzene rings is 1. The highest BCUT2D eigenvalue weighted by Crippen LogP contribution is 2.39. The van der Waals surface area contributed by atoms with Crippen LogP contribution in [0.1, 0.15) is 63.9 Å². The van der Waals surface area contributed by atoms with Crippen molar-refractivity contribution in [2.24, 2.45) is 0 Å². The molecule has 2 N–H and O–H groups in total. The molecule has 0 bridgehead atoms. The Labute approximate surface area is 203 Å². The van der Waals surface area contributed by atoms with E-state index in [0.717, 1.165) is 62.3 Å². The Bertz CT molecular complexity index is 1090. The average Bonchev–Trinajstić information content (AvgIpc) is 3.37. The Kier molecular flexibility index (Phi) is 6.73. The van der Waals surface area contributed by atoms with E-state index in [1.54, 1.807) is 18.0 Å². The minimum atomic E-state index is -0.895. The maximum Gasteiger partial charge on any atom is 0.330 e. The van der Waals surface area contributed by atoms with Gasteiger partial charge in [-0.2, -0.15) is 4.98 Å². The van der Waals surface area contributed by atoms with Crippen molar-refractivity contribution >= 4 is 23.5 Å². The van der Waals surface area contributed by atoms with Crippen molar-refractivity contribution in [3.8, 4) is 5.75 Å². The van der Waals surface area contributed by atoms with E-state index in [4.69, 9.17) is 9.72 Å². The number of aliphatic hydroxyl groups is 1. The van der Waals surface area contributed by atoms with Crippen molar-refractivity contribution in [2.45, 2.75) is 83.0 Å². The van der Waals surface area contributed by atoms with Crippen LogP contribution in [-0.4, -0.2) is 45.9 Å². The Morgan fingerprint density at radius 2 is 1.89 bits per heavy atom. The van der Waals surface area contributed by atoms with E-state index in [0.29, 0.717) is 17.3 Å². The smallest absolute Gasteiger partial charge is 0.330 e. The molecule has 2 amide bonds. The van der Waals surface area contributed by atoms with Gasteiger partial charge in [0.15, 0.2) is 11.6 Å². The standard InChI is InChI=1S/C25H31F2N5O3/c1-2-35-20-12-11-19(26)22(21(20)27)31-14-15-13-28-24(29-16-7-9-18(33)10-8-16)30-23(15)32(25(31)34)17-5-3-4-6-17/h11-13,16-18,33H,2-10,14H2,1H3,(H,28,29,30). The summed E-state index contributed by atoms with van der Waals surface area (Å²) in [6.45, 7) is 1.89. The number of fused-ring (bicyclic) bond motifs is 1. The summed E-state index contributed by atoms with van der Waals surface area (Å²) in [4.78, 5) is 25.6. The molecule has 1 aromatic heterocycles. The van der Waals surface area contributed by atoms with Crippen molar-refractivity contribution in [3.63, 3.8) is 0 Å². The number of nitrogens with zero attached hydrogens (tertiary/aromatic N) is 4. The summed E-state index contributed by atoms with van der Waals surface area (Å²) in [5.74, 6) is -0.900. The monoisotopic (exact) mass is 487 g/mol. The maximum atomic E-state index is 15.3. The lowest BCUT2D eigenvalue weighted by atomic mass is 9.93. The highest BCUT2D eigenvalue weighted by Gasteiger charge is 2.40. The zero-order chi connectivity index (χ0) is 24.5. The number of amides is 2. The third-order valence-electron chi connectivity index (χ3n) is 7.16. The number of carbonyl (C=O) groups excluding carboxylic acids is 1. The molecule has 0 atom stereocenters. The molecule has 2 heterocycles. The van der Waals surface area contributed by atoms with Crippen LogP contribution >= 0.6 is 0 Å². The second kappa shape index (κ2) is 9.93. The Hall–Kier alpha value is -3.01. The zero-order valence-electron chi connectivity index (χ0n) is 19.8. The first-order valence-electron chi connectivity index (χ1n) is 12.5. The molecular formula is C25H31F2N5O3. The molecule has 2 fully saturated rings. The quantitative estimate of drug-likeness (QED) is 0.611. The molecule has 1 aliphatic heterocycles. The second-order valence-corrected chi connectivity index (χ2v) is 9.51. The summed E-state index contributed by atoms with van der Waals surface area (Å²) in [5.41, 5.74) is 0.208. The minimum absolute atomic E-state index is 0.0449.